The number of hydrogen-bond donors (Lipinski definition) is 2. The molecular weight excluding hydrogens is 196 g/mol. The molecule has 0 radical (unpaired) electrons. The van der Waals surface area contributed by atoms with Gasteiger partial charge in [-0.15, -0.1) is 11.3 Å². The van der Waals surface area contributed by atoms with Gasteiger partial charge in [-0.1, -0.05) is 13.8 Å². The van der Waals surface area contributed by atoms with E-state index in [1.807, 2.05) is 25.6 Å². The van der Waals surface area contributed by atoms with Gasteiger partial charge in [-0.2, -0.15) is 0 Å². The molecule has 0 aliphatic rings. The molecule has 14 heavy (non-hydrogen) atoms. The van der Waals surface area contributed by atoms with E-state index < -0.39 is 0 Å². The normalized spacial score (nSPS) is 14.3. The Kier molecular flexibility index (Phi) is 4.04. The smallest absolute Gasteiger partial charge is 0.0794 e. The Labute approximate surface area is 89.2 Å². The lowest BCUT2D eigenvalue weighted by atomic mass is 9.94. The van der Waals surface area contributed by atoms with Crippen LogP contribution in [0.1, 0.15) is 31.7 Å². The summed E-state index contributed by atoms with van der Waals surface area (Å²) in [4.78, 5) is 5.27. The van der Waals surface area contributed by atoms with E-state index in [-0.39, 0.29) is 12.0 Å². The van der Waals surface area contributed by atoms with Crippen LogP contribution in [0.25, 0.3) is 0 Å². The molecule has 1 rings (SSSR count). The van der Waals surface area contributed by atoms with Crippen LogP contribution in [0, 0.1) is 5.41 Å². The quantitative estimate of drug-likeness (QED) is 0.786. The van der Waals surface area contributed by atoms with Crippen molar-refractivity contribution in [3.8, 4) is 0 Å². The molecule has 0 amide bonds. The van der Waals surface area contributed by atoms with Gasteiger partial charge in [0.1, 0.15) is 0 Å². The van der Waals surface area contributed by atoms with Gasteiger partial charge in [0.25, 0.3) is 0 Å². The Balaban J connectivity index is 2.39. The van der Waals surface area contributed by atoms with Gasteiger partial charge in [-0.3, -0.25) is 4.98 Å². The van der Waals surface area contributed by atoms with Crippen molar-refractivity contribution >= 4 is 11.3 Å². The van der Waals surface area contributed by atoms with Crippen LogP contribution >= 0.6 is 11.3 Å². The van der Waals surface area contributed by atoms with Crippen LogP contribution in [0.2, 0.25) is 0 Å². The highest BCUT2D eigenvalue weighted by atomic mass is 32.1. The summed E-state index contributed by atoms with van der Waals surface area (Å²) in [5, 5.41) is 12.5. The molecule has 0 fully saturated rings. The largest absolute Gasteiger partial charge is 0.396 e. The molecule has 0 saturated carbocycles. The third-order valence-electron chi connectivity index (χ3n) is 2.19. The number of aliphatic hydroxyl groups is 1. The molecular formula is C10H18N2OS. The maximum Gasteiger partial charge on any atom is 0.0794 e. The Morgan fingerprint density at radius 1 is 1.64 bits per heavy atom. The molecule has 0 aliphatic carbocycles. The predicted octanol–water partition coefficient (Wildman–Crippen LogP) is 1.81. The third kappa shape index (κ3) is 3.36. The lowest BCUT2D eigenvalue weighted by Crippen LogP contribution is -2.33. The number of nitrogens with zero attached hydrogens (tertiary/aromatic N) is 1. The second-order valence-electron chi connectivity index (χ2n) is 4.33. The van der Waals surface area contributed by atoms with Gasteiger partial charge in [0, 0.05) is 35.7 Å². The fourth-order valence-corrected chi connectivity index (χ4v) is 1.68. The molecule has 3 nitrogen and oxygen atoms in total. The van der Waals surface area contributed by atoms with Crippen molar-refractivity contribution in [3.63, 3.8) is 0 Å². The summed E-state index contributed by atoms with van der Waals surface area (Å²) < 4.78 is 0. The zero-order chi connectivity index (χ0) is 10.6. The van der Waals surface area contributed by atoms with E-state index in [1.54, 1.807) is 11.3 Å². The Hall–Kier alpha value is -0.450. The van der Waals surface area contributed by atoms with Gasteiger partial charge in [0.05, 0.1) is 5.51 Å². The minimum atomic E-state index is -0.0566. The fourth-order valence-electron chi connectivity index (χ4n) is 1.03. The SMILES string of the molecule is CC(NCC(C)(C)CO)c1cncs1. The monoisotopic (exact) mass is 214 g/mol. The van der Waals surface area contributed by atoms with E-state index in [1.165, 1.54) is 4.88 Å². The lowest BCUT2D eigenvalue weighted by Gasteiger charge is -2.24. The first kappa shape index (κ1) is 11.6. The second kappa shape index (κ2) is 4.87. The van der Waals surface area contributed by atoms with Crippen molar-refractivity contribution in [3.05, 3.63) is 16.6 Å². The summed E-state index contributed by atoms with van der Waals surface area (Å²) in [7, 11) is 0. The average molecular weight is 214 g/mol. The van der Waals surface area contributed by atoms with Crippen molar-refractivity contribution < 1.29 is 5.11 Å². The van der Waals surface area contributed by atoms with Gasteiger partial charge in [0.2, 0.25) is 0 Å². The minimum Gasteiger partial charge on any atom is -0.396 e. The number of aromatic nitrogens is 1. The number of aliphatic hydroxyl groups excluding tert-OH is 1. The topological polar surface area (TPSA) is 45.1 Å². The van der Waals surface area contributed by atoms with Crippen molar-refractivity contribution in [2.75, 3.05) is 13.2 Å². The highest BCUT2D eigenvalue weighted by Crippen LogP contribution is 2.18. The van der Waals surface area contributed by atoms with Crippen molar-refractivity contribution in [2.45, 2.75) is 26.8 Å². The molecule has 0 aromatic carbocycles. The summed E-state index contributed by atoms with van der Waals surface area (Å²) >= 11 is 1.65. The van der Waals surface area contributed by atoms with Crippen LogP contribution in [-0.4, -0.2) is 23.2 Å². The summed E-state index contributed by atoms with van der Waals surface area (Å²) in [6, 6.07) is 0.313. The van der Waals surface area contributed by atoms with Gasteiger partial charge in [-0.05, 0) is 6.92 Å². The maximum atomic E-state index is 9.09. The first-order valence-electron chi connectivity index (χ1n) is 4.78. The van der Waals surface area contributed by atoms with E-state index >= 15 is 0 Å². The average Bonchev–Trinajstić information content (AvgIpc) is 2.67. The van der Waals surface area contributed by atoms with Crippen LogP contribution in [0.15, 0.2) is 11.7 Å². The molecule has 1 aromatic rings. The van der Waals surface area contributed by atoms with Gasteiger partial charge < -0.3 is 10.4 Å². The van der Waals surface area contributed by atoms with Crippen LogP contribution in [-0.2, 0) is 0 Å². The van der Waals surface area contributed by atoms with Gasteiger partial charge in [-0.25, -0.2) is 0 Å². The molecule has 80 valence electrons. The third-order valence-corrected chi connectivity index (χ3v) is 3.15. The minimum absolute atomic E-state index is 0.0566. The van der Waals surface area contributed by atoms with E-state index in [2.05, 4.69) is 17.2 Å². The molecule has 0 spiro atoms. The highest BCUT2D eigenvalue weighted by Gasteiger charge is 2.17. The molecule has 0 saturated heterocycles. The molecule has 2 N–H and O–H groups in total. The molecule has 1 unspecified atom stereocenters. The Morgan fingerprint density at radius 3 is 2.86 bits per heavy atom. The van der Waals surface area contributed by atoms with E-state index in [0.717, 1.165) is 6.54 Å². The summed E-state index contributed by atoms with van der Waals surface area (Å²) in [6.07, 6.45) is 1.88. The number of thiazole rings is 1. The molecule has 0 aliphatic heterocycles. The lowest BCUT2D eigenvalue weighted by molar-refractivity contribution is 0.154. The second-order valence-corrected chi connectivity index (χ2v) is 5.25. The van der Waals surface area contributed by atoms with Gasteiger partial charge >= 0.3 is 0 Å². The molecule has 0 bridgehead atoms. The summed E-state index contributed by atoms with van der Waals surface area (Å²) in [5.41, 5.74) is 1.78. The Bertz CT molecular complexity index is 259. The zero-order valence-corrected chi connectivity index (χ0v) is 9.77. The molecule has 4 heteroatoms. The highest BCUT2D eigenvalue weighted by molar-refractivity contribution is 7.09. The summed E-state index contributed by atoms with van der Waals surface area (Å²) in [6.45, 7) is 7.21. The van der Waals surface area contributed by atoms with Crippen LogP contribution in [0.3, 0.4) is 0 Å². The van der Waals surface area contributed by atoms with E-state index in [4.69, 9.17) is 5.11 Å². The fraction of sp³-hybridized carbons (Fsp3) is 0.700. The summed E-state index contributed by atoms with van der Waals surface area (Å²) in [5.74, 6) is 0. The first-order chi connectivity index (χ1) is 6.55. The van der Waals surface area contributed by atoms with Crippen molar-refractivity contribution in [2.24, 2.45) is 5.41 Å². The van der Waals surface area contributed by atoms with Crippen LogP contribution < -0.4 is 5.32 Å². The zero-order valence-electron chi connectivity index (χ0n) is 8.95. The van der Waals surface area contributed by atoms with E-state index in [9.17, 15) is 0 Å². The standard InChI is InChI=1S/C10H18N2OS/c1-8(9-4-11-7-14-9)12-5-10(2,3)6-13/h4,7-8,12-13H,5-6H2,1-3H3. The molecule has 1 aromatic heterocycles. The van der Waals surface area contributed by atoms with Crippen LogP contribution in [0.5, 0.6) is 0 Å². The van der Waals surface area contributed by atoms with Crippen LogP contribution in [0.4, 0.5) is 0 Å². The maximum absolute atomic E-state index is 9.09. The number of rotatable bonds is 5. The van der Waals surface area contributed by atoms with Crippen molar-refractivity contribution in [1.29, 1.82) is 0 Å². The number of nitrogens with one attached hydrogen (secondary N) is 1. The predicted molar refractivity (Wildman–Crippen MR) is 59.4 cm³/mol. The van der Waals surface area contributed by atoms with E-state index in [0.29, 0.717) is 6.04 Å². The Morgan fingerprint density at radius 2 is 2.36 bits per heavy atom. The first-order valence-corrected chi connectivity index (χ1v) is 5.66. The molecule has 1 heterocycles. The number of hydrogen-bond acceptors (Lipinski definition) is 4. The molecule has 1 atom stereocenters. The van der Waals surface area contributed by atoms with Crippen molar-refractivity contribution in [1.82, 2.24) is 10.3 Å². The van der Waals surface area contributed by atoms with Gasteiger partial charge in [0.15, 0.2) is 0 Å².